The fourth-order valence-corrected chi connectivity index (χ4v) is 9.44. The van der Waals surface area contributed by atoms with Crippen LogP contribution >= 0.6 is 11.3 Å². The van der Waals surface area contributed by atoms with E-state index in [9.17, 15) is 0 Å². The zero-order valence-corrected chi connectivity index (χ0v) is 29.6. The van der Waals surface area contributed by atoms with Crippen LogP contribution in [0.1, 0.15) is 0 Å². The molecule has 0 unspecified atom stereocenters. The summed E-state index contributed by atoms with van der Waals surface area (Å²) in [7, 11) is 0. The third-order valence-electron chi connectivity index (χ3n) is 10.7. The van der Waals surface area contributed by atoms with Crippen molar-refractivity contribution >= 4 is 91.9 Å². The van der Waals surface area contributed by atoms with Gasteiger partial charge in [0.15, 0.2) is 0 Å². The first-order valence-corrected chi connectivity index (χ1v) is 18.9. The van der Waals surface area contributed by atoms with Crippen molar-refractivity contribution < 1.29 is 0 Å². The number of rotatable bonds is 5. The van der Waals surface area contributed by atoms with Gasteiger partial charge in [-0.3, -0.25) is 0 Å². The quantitative estimate of drug-likeness (QED) is 0.174. The summed E-state index contributed by atoms with van der Waals surface area (Å²) in [5, 5.41) is 10.0. The van der Waals surface area contributed by atoms with Crippen LogP contribution in [0.3, 0.4) is 0 Å². The molecule has 2 aromatic heterocycles. The summed E-state index contributed by atoms with van der Waals surface area (Å²) in [5.74, 6) is 0. The van der Waals surface area contributed by atoms with Gasteiger partial charge in [0, 0.05) is 59.3 Å². The van der Waals surface area contributed by atoms with E-state index in [1.54, 1.807) is 0 Å². The SMILES string of the molecule is c1ccc2cc(N(c3ccc(-c4cc(-n5c6ccccc6c6ccccc65)cc5c4sc4ccccc45)cc3)c3ccc4ccccc4c3)ccc2c1. The molecule has 0 aliphatic heterocycles. The van der Waals surface area contributed by atoms with Crippen molar-refractivity contribution in [2.75, 3.05) is 4.90 Å². The van der Waals surface area contributed by atoms with Gasteiger partial charge >= 0.3 is 0 Å². The minimum atomic E-state index is 1.12. The average molecular weight is 693 g/mol. The lowest BCUT2D eigenvalue weighted by Crippen LogP contribution is -2.09. The lowest BCUT2D eigenvalue weighted by atomic mass is 10.0. The molecule has 11 aromatic rings. The van der Waals surface area contributed by atoms with Crippen molar-refractivity contribution in [1.29, 1.82) is 0 Å². The first kappa shape index (κ1) is 30.0. The summed E-state index contributed by atoms with van der Waals surface area (Å²) in [6, 6.07) is 71.0. The van der Waals surface area contributed by atoms with Crippen molar-refractivity contribution in [2.45, 2.75) is 0 Å². The molecule has 0 N–H and O–H groups in total. The number of para-hydroxylation sites is 2. The number of nitrogens with zero attached hydrogens (tertiary/aromatic N) is 2. The number of aromatic nitrogens is 1. The van der Waals surface area contributed by atoms with Crippen molar-refractivity contribution in [3.63, 3.8) is 0 Å². The van der Waals surface area contributed by atoms with Crippen LogP contribution in [0.4, 0.5) is 17.1 Å². The highest BCUT2D eigenvalue weighted by Crippen LogP contribution is 2.44. The summed E-state index contributed by atoms with van der Waals surface area (Å²) in [5.41, 5.74) is 9.43. The molecular weight excluding hydrogens is 661 g/mol. The fourth-order valence-electron chi connectivity index (χ4n) is 8.22. The van der Waals surface area contributed by atoms with E-state index in [1.165, 1.54) is 80.3 Å². The van der Waals surface area contributed by atoms with Crippen LogP contribution in [0.5, 0.6) is 0 Å². The smallest absolute Gasteiger partial charge is 0.0541 e. The number of hydrogen-bond donors (Lipinski definition) is 0. The monoisotopic (exact) mass is 692 g/mol. The van der Waals surface area contributed by atoms with Crippen molar-refractivity contribution in [3.05, 3.63) is 194 Å². The Hall–Kier alpha value is -6.68. The number of thiophene rings is 1. The minimum Gasteiger partial charge on any atom is -0.310 e. The Balaban J connectivity index is 1.11. The molecule has 248 valence electrons. The molecule has 0 amide bonds. The van der Waals surface area contributed by atoms with Gasteiger partial charge in [0.25, 0.3) is 0 Å². The number of hydrogen-bond acceptors (Lipinski definition) is 2. The van der Waals surface area contributed by atoms with E-state index in [4.69, 9.17) is 0 Å². The molecule has 0 saturated heterocycles. The average Bonchev–Trinajstić information content (AvgIpc) is 3.77. The van der Waals surface area contributed by atoms with Crippen molar-refractivity contribution in [1.82, 2.24) is 4.57 Å². The molecule has 0 aliphatic rings. The molecule has 53 heavy (non-hydrogen) atoms. The first-order valence-electron chi connectivity index (χ1n) is 18.1. The van der Waals surface area contributed by atoms with E-state index in [1.807, 2.05) is 11.3 Å². The van der Waals surface area contributed by atoms with Gasteiger partial charge in [0.2, 0.25) is 0 Å². The zero-order valence-electron chi connectivity index (χ0n) is 28.8. The van der Waals surface area contributed by atoms with Gasteiger partial charge in [0.05, 0.1) is 11.0 Å². The van der Waals surface area contributed by atoms with Crippen LogP contribution in [0.2, 0.25) is 0 Å². The molecule has 0 saturated carbocycles. The molecule has 3 heteroatoms. The summed E-state index contributed by atoms with van der Waals surface area (Å²) < 4.78 is 5.05. The number of anilines is 3. The van der Waals surface area contributed by atoms with E-state index >= 15 is 0 Å². The van der Waals surface area contributed by atoms with Gasteiger partial charge in [-0.25, -0.2) is 0 Å². The van der Waals surface area contributed by atoms with E-state index in [0.29, 0.717) is 0 Å². The van der Waals surface area contributed by atoms with Gasteiger partial charge < -0.3 is 9.47 Å². The predicted molar refractivity (Wildman–Crippen MR) is 229 cm³/mol. The zero-order chi connectivity index (χ0) is 34.9. The van der Waals surface area contributed by atoms with E-state index in [0.717, 1.165) is 17.1 Å². The first-order chi connectivity index (χ1) is 26.3. The molecule has 0 radical (unpaired) electrons. The fraction of sp³-hybridized carbons (Fsp3) is 0. The summed E-state index contributed by atoms with van der Waals surface area (Å²) in [6.45, 7) is 0. The maximum absolute atomic E-state index is 2.44. The van der Waals surface area contributed by atoms with Crippen LogP contribution in [0.25, 0.3) is 80.3 Å². The Morgan fingerprint density at radius 3 is 1.51 bits per heavy atom. The maximum Gasteiger partial charge on any atom is 0.0541 e. The predicted octanol–water partition coefficient (Wildman–Crippen LogP) is 14.6. The Kier molecular flexibility index (Phi) is 6.76. The molecule has 0 bridgehead atoms. The Morgan fingerprint density at radius 2 is 0.887 bits per heavy atom. The molecular formula is C50H32N2S. The Bertz CT molecular complexity index is 3050. The van der Waals surface area contributed by atoms with E-state index < -0.39 is 0 Å². The third kappa shape index (κ3) is 4.86. The number of benzene rings is 9. The second kappa shape index (κ2) is 11.9. The van der Waals surface area contributed by atoms with Crippen LogP contribution in [0.15, 0.2) is 194 Å². The molecule has 0 atom stereocenters. The summed E-state index contributed by atoms with van der Waals surface area (Å²) in [4.78, 5) is 2.38. The van der Waals surface area contributed by atoms with E-state index in [2.05, 4.69) is 204 Å². The molecule has 2 heterocycles. The summed E-state index contributed by atoms with van der Waals surface area (Å²) >= 11 is 1.88. The highest BCUT2D eigenvalue weighted by Gasteiger charge is 2.19. The lowest BCUT2D eigenvalue weighted by molar-refractivity contribution is 1.19. The van der Waals surface area contributed by atoms with Crippen LogP contribution < -0.4 is 4.90 Å². The third-order valence-corrected chi connectivity index (χ3v) is 11.9. The van der Waals surface area contributed by atoms with Gasteiger partial charge in [-0.1, -0.05) is 127 Å². The molecule has 11 rings (SSSR count). The highest BCUT2D eigenvalue weighted by molar-refractivity contribution is 7.26. The van der Waals surface area contributed by atoms with Crippen LogP contribution in [-0.4, -0.2) is 4.57 Å². The molecule has 0 aliphatic carbocycles. The Labute approximate surface area is 311 Å². The van der Waals surface area contributed by atoms with Gasteiger partial charge in [-0.15, -0.1) is 11.3 Å². The topological polar surface area (TPSA) is 8.17 Å². The minimum absolute atomic E-state index is 1.12. The largest absolute Gasteiger partial charge is 0.310 e. The van der Waals surface area contributed by atoms with Gasteiger partial charge in [-0.2, -0.15) is 0 Å². The summed E-state index contributed by atoms with van der Waals surface area (Å²) in [6.07, 6.45) is 0. The normalized spacial score (nSPS) is 11.8. The van der Waals surface area contributed by atoms with Gasteiger partial charge in [0.1, 0.15) is 0 Å². The second-order valence-corrected chi connectivity index (χ2v) is 14.8. The standard InChI is InChI=1S/C50H32N2S/c1-3-13-36-29-39(27-21-33(36)11-1)51(40-28-22-34-12-2-4-14-37(34)30-40)38-25-23-35(24-26-38)45-31-41(32-46-44-17-7-10-20-49(44)53-50(45)46)52-47-18-8-5-15-42(47)43-16-6-9-19-48(43)52/h1-32H. The lowest BCUT2D eigenvalue weighted by Gasteiger charge is -2.26. The Morgan fingerprint density at radius 1 is 0.377 bits per heavy atom. The van der Waals surface area contributed by atoms with Crippen molar-refractivity contribution in [2.24, 2.45) is 0 Å². The molecule has 2 nitrogen and oxygen atoms in total. The van der Waals surface area contributed by atoms with Crippen molar-refractivity contribution in [3.8, 4) is 16.8 Å². The molecule has 0 spiro atoms. The van der Waals surface area contributed by atoms with Crippen LogP contribution in [-0.2, 0) is 0 Å². The molecule has 0 fully saturated rings. The van der Waals surface area contributed by atoms with Gasteiger partial charge in [-0.05, 0) is 93.8 Å². The second-order valence-electron chi connectivity index (χ2n) is 13.8. The highest BCUT2D eigenvalue weighted by atomic mass is 32.1. The van der Waals surface area contributed by atoms with Crippen LogP contribution in [0, 0.1) is 0 Å². The molecule has 9 aromatic carbocycles. The maximum atomic E-state index is 2.44. The van der Waals surface area contributed by atoms with E-state index in [-0.39, 0.29) is 0 Å². The number of fused-ring (bicyclic) bond motifs is 8.